The van der Waals surface area contributed by atoms with E-state index in [0.717, 1.165) is 23.3 Å². The van der Waals surface area contributed by atoms with E-state index in [1.54, 1.807) is 18.2 Å². The molecule has 4 aromatic rings. The number of nitrogens with zero attached hydrogens (tertiary/aromatic N) is 1. The van der Waals surface area contributed by atoms with E-state index in [1.165, 1.54) is 6.07 Å². The van der Waals surface area contributed by atoms with Crippen molar-refractivity contribution in [2.45, 2.75) is 31.7 Å². The Kier molecular flexibility index (Phi) is 3.93. The molecule has 28 heavy (non-hydrogen) atoms. The first-order chi connectivity index (χ1) is 13.6. The highest BCUT2D eigenvalue weighted by atomic mass is 19.1. The molecule has 1 fully saturated rings. The molecule has 2 aromatic carbocycles. The summed E-state index contributed by atoms with van der Waals surface area (Å²) in [5, 5.41) is 3.66. The zero-order chi connectivity index (χ0) is 19.3. The van der Waals surface area contributed by atoms with Crippen molar-refractivity contribution in [3.63, 3.8) is 0 Å². The number of fused-ring (bicyclic) bond motifs is 2. The monoisotopic (exact) mass is 377 g/mol. The van der Waals surface area contributed by atoms with Gasteiger partial charge in [-0.15, -0.1) is 0 Å². The van der Waals surface area contributed by atoms with Gasteiger partial charge < -0.3 is 14.7 Å². The Morgan fingerprint density at radius 2 is 2.18 bits per heavy atom. The fourth-order valence-corrected chi connectivity index (χ4v) is 3.83. The number of nitrogens with one attached hydrogen (secondary N) is 2. The standard InChI is InChI=1S/C22H20FN3O2/c1-12(19-10-13-5-4-6-16(23)21(13)28-19)24-20(27)11-14-9-15(14)22-25-17-7-2-3-8-18(17)26-22/h2-8,10,12,14-15H,9,11H2,1H3,(H,24,27)(H,25,26)/t12-,14+,15+/m1/s1. The smallest absolute Gasteiger partial charge is 0.220 e. The van der Waals surface area contributed by atoms with Gasteiger partial charge in [0.15, 0.2) is 11.4 Å². The van der Waals surface area contributed by atoms with Crippen LogP contribution >= 0.6 is 0 Å². The second kappa shape index (κ2) is 6.48. The lowest BCUT2D eigenvalue weighted by molar-refractivity contribution is -0.122. The van der Waals surface area contributed by atoms with Crippen molar-refractivity contribution in [3.8, 4) is 0 Å². The summed E-state index contributed by atoms with van der Waals surface area (Å²) in [6, 6.07) is 14.2. The molecule has 0 radical (unpaired) electrons. The number of H-pyrrole nitrogens is 1. The van der Waals surface area contributed by atoms with Crippen LogP contribution in [0.1, 0.15) is 43.3 Å². The van der Waals surface area contributed by atoms with Crippen molar-refractivity contribution in [3.05, 3.63) is 65.9 Å². The average molecular weight is 377 g/mol. The number of halogens is 1. The fourth-order valence-electron chi connectivity index (χ4n) is 3.83. The van der Waals surface area contributed by atoms with Gasteiger partial charge in [0, 0.05) is 17.7 Å². The topological polar surface area (TPSA) is 70.9 Å². The molecular weight excluding hydrogens is 357 g/mol. The molecule has 0 spiro atoms. The van der Waals surface area contributed by atoms with Crippen LogP contribution in [0.5, 0.6) is 0 Å². The number of carbonyl (C=O) groups is 1. The number of carbonyl (C=O) groups excluding carboxylic acids is 1. The number of amides is 1. The van der Waals surface area contributed by atoms with Crippen LogP contribution in [0.25, 0.3) is 22.0 Å². The van der Waals surface area contributed by atoms with Gasteiger partial charge >= 0.3 is 0 Å². The van der Waals surface area contributed by atoms with Crippen molar-refractivity contribution in [1.29, 1.82) is 0 Å². The van der Waals surface area contributed by atoms with Crippen LogP contribution in [0, 0.1) is 11.7 Å². The third-order valence-electron chi connectivity index (χ3n) is 5.45. The zero-order valence-corrected chi connectivity index (χ0v) is 15.4. The van der Waals surface area contributed by atoms with Gasteiger partial charge in [-0.3, -0.25) is 4.79 Å². The van der Waals surface area contributed by atoms with Crippen LogP contribution in [-0.4, -0.2) is 15.9 Å². The molecule has 1 aliphatic carbocycles. The van der Waals surface area contributed by atoms with Crippen LogP contribution < -0.4 is 5.32 Å². The summed E-state index contributed by atoms with van der Waals surface area (Å²) in [6.07, 6.45) is 1.40. The highest BCUT2D eigenvalue weighted by molar-refractivity contribution is 5.80. The number of hydrogen-bond acceptors (Lipinski definition) is 3. The molecule has 5 rings (SSSR count). The molecule has 0 aliphatic heterocycles. The second-order valence-corrected chi connectivity index (χ2v) is 7.54. The number of imidazole rings is 1. The molecule has 0 bridgehead atoms. The number of aromatic amines is 1. The van der Waals surface area contributed by atoms with E-state index in [-0.39, 0.29) is 17.5 Å². The summed E-state index contributed by atoms with van der Waals surface area (Å²) < 4.78 is 19.4. The van der Waals surface area contributed by atoms with Crippen LogP contribution in [0.3, 0.4) is 0 Å². The highest BCUT2D eigenvalue weighted by Gasteiger charge is 2.42. The lowest BCUT2D eigenvalue weighted by atomic mass is 10.2. The van der Waals surface area contributed by atoms with Gasteiger partial charge in [-0.2, -0.15) is 0 Å². The van der Waals surface area contributed by atoms with Crippen molar-refractivity contribution < 1.29 is 13.6 Å². The van der Waals surface area contributed by atoms with Crippen molar-refractivity contribution in [2.24, 2.45) is 5.92 Å². The quantitative estimate of drug-likeness (QED) is 0.524. The van der Waals surface area contributed by atoms with E-state index in [0.29, 0.717) is 29.4 Å². The van der Waals surface area contributed by atoms with E-state index in [9.17, 15) is 9.18 Å². The third kappa shape index (κ3) is 3.05. The maximum Gasteiger partial charge on any atom is 0.220 e. The van der Waals surface area contributed by atoms with E-state index in [1.807, 2.05) is 31.2 Å². The molecule has 3 atom stereocenters. The Hall–Kier alpha value is -3.15. The minimum atomic E-state index is -0.395. The number of benzene rings is 2. The fraction of sp³-hybridized carbons (Fsp3) is 0.273. The van der Waals surface area contributed by atoms with Crippen molar-refractivity contribution in [1.82, 2.24) is 15.3 Å². The Bertz CT molecular complexity index is 1150. The van der Waals surface area contributed by atoms with Crippen LogP contribution in [-0.2, 0) is 4.79 Å². The molecule has 1 aliphatic rings. The lowest BCUT2D eigenvalue weighted by Gasteiger charge is -2.11. The molecule has 1 saturated carbocycles. The molecule has 2 aromatic heterocycles. The maximum absolute atomic E-state index is 13.8. The number of aromatic nitrogens is 2. The van der Waals surface area contributed by atoms with Crippen molar-refractivity contribution >= 4 is 27.9 Å². The molecule has 2 heterocycles. The van der Waals surface area contributed by atoms with Crippen LogP contribution in [0.15, 0.2) is 52.9 Å². The molecule has 0 saturated heterocycles. The summed E-state index contributed by atoms with van der Waals surface area (Å²) in [7, 11) is 0. The number of para-hydroxylation sites is 3. The predicted octanol–water partition coefficient (Wildman–Crippen LogP) is 4.82. The van der Waals surface area contributed by atoms with Gasteiger partial charge in [0.1, 0.15) is 11.6 Å². The van der Waals surface area contributed by atoms with Crippen molar-refractivity contribution in [2.75, 3.05) is 0 Å². The SMILES string of the molecule is C[C@@H](NC(=O)C[C@@H]1C[C@@H]1c1nc2ccccc2[nH]1)c1cc2cccc(F)c2o1. The van der Waals surface area contributed by atoms with E-state index in [2.05, 4.69) is 15.3 Å². The van der Waals surface area contributed by atoms with Gasteiger partial charge in [-0.1, -0.05) is 24.3 Å². The van der Waals surface area contributed by atoms with Gasteiger partial charge in [0.05, 0.1) is 17.1 Å². The normalized spacial score (nSPS) is 19.8. The Morgan fingerprint density at radius 3 is 3.00 bits per heavy atom. The summed E-state index contributed by atoms with van der Waals surface area (Å²) in [4.78, 5) is 20.4. The number of rotatable bonds is 5. The van der Waals surface area contributed by atoms with Gasteiger partial charge in [-0.25, -0.2) is 9.37 Å². The molecule has 1 amide bonds. The zero-order valence-electron chi connectivity index (χ0n) is 15.4. The maximum atomic E-state index is 13.8. The summed E-state index contributed by atoms with van der Waals surface area (Å²) in [6.45, 7) is 1.84. The van der Waals surface area contributed by atoms with E-state index >= 15 is 0 Å². The Labute approximate surface area is 161 Å². The van der Waals surface area contributed by atoms with Crippen LogP contribution in [0.4, 0.5) is 4.39 Å². The molecule has 6 heteroatoms. The largest absolute Gasteiger partial charge is 0.456 e. The summed E-state index contributed by atoms with van der Waals surface area (Å²) >= 11 is 0. The van der Waals surface area contributed by atoms with Gasteiger partial charge in [0.25, 0.3) is 0 Å². The van der Waals surface area contributed by atoms with Gasteiger partial charge in [-0.05, 0) is 43.5 Å². The molecule has 0 unspecified atom stereocenters. The van der Waals surface area contributed by atoms with E-state index in [4.69, 9.17) is 4.42 Å². The molecule has 5 nitrogen and oxygen atoms in total. The molecule has 2 N–H and O–H groups in total. The minimum Gasteiger partial charge on any atom is -0.456 e. The third-order valence-corrected chi connectivity index (χ3v) is 5.45. The summed E-state index contributed by atoms with van der Waals surface area (Å²) in [5.74, 6) is 1.68. The lowest BCUT2D eigenvalue weighted by Crippen LogP contribution is -2.26. The number of furan rings is 1. The Balaban J connectivity index is 1.22. The first kappa shape index (κ1) is 17.0. The first-order valence-corrected chi connectivity index (χ1v) is 9.50. The minimum absolute atomic E-state index is 0.0305. The summed E-state index contributed by atoms with van der Waals surface area (Å²) in [5.41, 5.74) is 2.21. The van der Waals surface area contributed by atoms with E-state index < -0.39 is 5.82 Å². The average Bonchev–Trinajstić information content (AvgIpc) is 3.11. The second-order valence-electron chi connectivity index (χ2n) is 7.54. The van der Waals surface area contributed by atoms with Crippen LogP contribution in [0.2, 0.25) is 0 Å². The molecule has 142 valence electrons. The Morgan fingerprint density at radius 1 is 1.32 bits per heavy atom. The molecular formula is C22H20FN3O2. The van der Waals surface area contributed by atoms with Gasteiger partial charge in [0.2, 0.25) is 5.91 Å². The number of hydrogen-bond donors (Lipinski definition) is 2. The predicted molar refractivity (Wildman–Crippen MR) is 104 cm³/mol. The first-order valence-electron chi connectivity index (χ1n) is 9.50. The highest BCUT2D eigenvalue weighted by Crippen LogP contribution is 2.48.